The highest BCUT2D eigenvalue weighted by Crippen LogP contribution is 2.22. The molecule has 1 saturated heterocycles. The highest BCUT2D eigenvalue weighted by molar-refractivity contribution is 5.77. The number of aromatic amines is 1. The third-order valence-corrected chi connectivity index (χ3v) is 4.44. The minimum Gasteiger partial charge on any atom is -0.444 e. The first-order valence-electron chi connectivity index (χ1n) is 8.95. The van der Waals surface area contributed by atoms with E-state index in [-0.39, 0.29) is 6.09 Å². The number of fused-ring (bicyclic) bond motifs is 1. The summed E-state index contributed by atoms with van der Waals surface area (Å²) in [4.78, 5) is 24.3. The number of hydrogen-bond acceptors (Lipinski definition) is 4. The van der Waals surface area contributed by atoms with E-state index in [0.717, 1.165) is 49.5 Å². The van der Waals surface area contributed by atoms with Crippen LogP contribution in [0.5, 0.6) is 0 Å². The van der Waals surface area contributed by atoms with Crippen molar-refractivity contribution in [2.45, 2.75) is 39.2 Å². The van der Waals surface area contributed by atoms with Crippen LogP contribution in [-0.2, 0) is 4.74 Å². The quantitative estimate of drug-likeness (QED) is 0.923. The van der Waals surface area contributed by atoms with Crippen molar-refractivity contribution in [2.75, 3.05) is 31.6 Å². The molecule has 1 aliphatic rings. The van der Waals surface area contributed by atoms with Crippen LogP contribution in [0, 0.1) is 5.92 Å². The van der Waals surface area contributed by atoms with Crippen LogP contribution in [0.4, 0.5) is 10.7 Å². The lowest BCUT2D eigenvalue weighted by molar-refractivity contribution is 0.0170. The summed E-state index contributed by atoms with van der Waals surface area (Å²) >= 11 is 0. The molecule has 1 aliphatic heterocycles. The molecule has 25 heavy (non-hydrogen) atoms. The Labute approximate surface area is 149 Å². The van der Waals surface area contributed by atoms with E-state index < -0.39 is 5.60 Å². The standard InChI is InChI=1S/C19H28N4O2/c1-19(2,3)25-18(24)23-11-7-8-14(13-23)12-22(4)17-20-15-9-5-6-10-16(15)21-17/h5-6,9-10,14H,7-8,11-13H2,1-4H3,(H,20,21)/t14-/m1/s1. The van der Waals surface area contributed by atoms with Gasteiger partial charge in [0.25, 0.3) is 0 Å². The molecule has 1 aromatic carbocycles. The minimum absolute atomic E-state index is 0.205. The molecule has 2 aromatic rings. The molecule has 0 spiro atoms. The average molecular weight is 344 g/mol. The third-order valence-electron chi connectivity index (χ3n) is 4.44. The molecule has 6 heteroatoms. The van der Waals surface area contributed by atoms with Crippen LogP contribution < -0.4 is 4.90 Å². The molecule has 0 aliphatic carbocycles. The van der Waals surface area contributed by atoms with Crippen molar-refractivity contribution in [2.24, 2.45) is 5.92 Å². The van der Waals surface area contributed by atoms with Gasteiger partial charge in [0.2, 0.25) is 5.95 Å². The number of benzene rings is 1. The van der Waals surface area contributed by atoms with E-state index in [1.54, 1.807) is 0 Å². The predicted octanol–water partition coefficient (Wildman–Crippen LogP) is 3.65. The number of carbonyl (C=O) groups is 1. The molecule has 0 bridgehead atoms. The summed E-state index contributed by atoms with van der Waals surface area (Å²) in [5, 5.41) is 0. The second kappa shape index (κ2) is 6.94. The summed E-state index contributed by atoms with van der Waals surface area (Å²) in [6, 6.07) is 8.04. The topological polar surface area (TPSA) is 61.5 Å². The number of imidazole rings is 1. The Bertz CT molecular complexity index is 701. The minimum atomic E-state index is -0.449. The van der Waals surface area contributed by atoms with E-state index in [1.807, 2.05) is 57.0 Å². The smallest absolute Gasteiger partial charge is 0.410 e. The van der Waals surface area contributed by atoms with Gasteiger partial charge in [0, 0.05) is 26.7 Å². The SMILES string of the molecule is CN(C[C@H]1CCCN(C(=O)OC(C)(C)C)C1)c1nc2ccccc2[nH]1. The Balaban J connectivity index is 1.61. The molecular formula is C19H28N4O2. The highest BCUT2D eigenvalue weighted by atomic mass is 16.6. The van der Waals surface area contributed by atoms with Gasteiger partial charge in [0.05, 0.1) is 11.0 Å². The van der Waals surface area contributed by atoms with Gasteiger partial charge in [-0.15, -0.1) is 0 Å². The van der Waals surface area contributed by atoms with Crippen LogP contribution in [0.2, 0.25) is 0 Å². The second-order valence-corrected chi connectivity index (χ2v) is 7.89. The first-order chi connectivity index (χ1) is 11.8. The molecule has 3 rings (SSSR count). The van der Waals surface area contributed by atoms with Crippen molar-refractivity contribution in [3.63, 3.8) is 0 Å². The Morgan fingerprint density at radius 1 is 1.40 bits per heavy atom. The number of H-pyrrole nitrogens is 1. The van der Waals surface area contributed by atoms with Gasteiger partial charge in [-0.1, -0.05) is 12.1 Å². The van der Waals surface area contributed by atoms with E-state index in [1.165, 1.54) is 0 Å². The van der Waals surface area contributed by atoms with Crippen molar-refractivity contribution in [3.05, 3.63) is 24.3 Å². The summed E-state index contributed by atoms with van der Waals surface area (Å²) in [6.45, 7) is 8.09. The molecule has 0 saturated carbocycles. The number of nitrogens with zero attached hydrogens (tertiary/aromatic N) is 3. The maximum absolute atomic E-state index is 12.3. The summed E-state index contributed by atoms with van der Waals surface area (Å²) in [7, 11) is 2.05. The monoisotopic (exact) mass is 344 g/mol. The molecule has 2 heterocycles. The molecule has 1 atom stereocenters. The van der Waals surface area contributed by atoms with Gasteiger partial charge < -0.3 is 19.5 Å². The molecule has 6 nitrogen and oxygen atoms in total. The molecule has 0 unspecified atom stereocenters. The molecular weight excluding hydrogens is 316 g/mol. The molecule has 1 N–H and O–H groups in total. The lowest BCUT2D eigenvalue weighted by Gasteiger charge is -2.35. The zero-order valence-corrected chi connectivity index (χ0v) is 15.6. The number of amides is 1. The normalized spacial score (nSPS) is 18.4. The zero-order valence-electron chi connectivity index (χ0n) is 15.6. The van der Waals surface area contributed by atoms with E-state index >= 15 is 0 Å². The zero-order chi connectivity index (χ0) is 18.0. The fraction of sp³-hybridized carbons (Fsp3) is 0.579. The van der Waals surface area contributed by atoms with Crippen molar-refractivity contribution in [1.82, 2.24) is 14.9 Å². The summed E-state index contributed by atoms with van der Waals surface area (Å²) in [5.74, 6) is 1.29. The predicted molar refractivity (Wildman–Crippen MR) is 99.9 cm³/mol. The van der Waals surface area contributed by atoms with Crippen LogP contribution in [0.25, 0.3) is 11.0 Å². The average Bonchev–Trinajstić information content (AvgIpc) is 2.98. The maximum Gasteiger partial charge on any atom is 0.410 e. The number of piperidine rings is 1. The van der Waals surface area contributed by atoms with Crippen LogP contribution in [-0.4, -0.2) is 53.2 Å². The van der Waals surface area contributed by atoms with Crippen LogP contribution in [0.1, 0.15) is 33.6 Å². The number of aromatic nitrogens is 2. The summed E-state index contributed by atoms with van der Waals surface area (Å²) < 4.78 is 5.51. The van der Waals surface area contributed by atoms with E-state index in [2.05, 4.69) is 14.9 Å². The molecule has 136 valence electrons. The Kier molecular flexibility index (Phi) is 4.88. The van der Waals surface area contributed by atoms with E-state index in [0.29, 0.717) is 5.92 Å². The lowest BCUT2D eigenvalue weighted by Crippen LogP contribution is -2.45. The second-order valence-electron chi connectivity index (χ2n) is 7.89. The Morgan fingerprint density at radius 2 is 2.16 bits per heavy atom. The van der Waals surface area contributed by atoms with Crippen molar-refractivity contribution >= 4 is 23.1 Å². The van der Waals surface area contributed by atoms with Crippen LogP contribution in [0.3, 0.4) is 0 Å². The molecule has 1 amide bonds. The number of nitrogens with one attached hydrogen (secondary N) is 1. The number of anilines is 1. The largest absolute Gasteiger partial charge is 0.444 e. The van der Waals surface area contributed by atoms with Gasteiger partial charge in [-0.3, -0.25) is 0 Å². The lowest BCUT2D eigenvalue weighted by atomic mass is 9.98. The van der Waals surface area contributed by atoms with Gasteiger partial charge >= 0.3 is 6.09 Å². The molecule has 1 fully saturated rings. The van der Waals surface area contributed by atoms with Gasteiger partial charge in [0.15, 0.2) is 0 Å². The first kappa shape index (κ1) is 17.6. The van der Waals surface area contributed by atoms with E-state index in [4.69, 9.17) is 4.74 Å². The van der Waals surface area contributed by atoms with Crippen LogP contribution >= 0.6 is 0 Å². The number of likely N-dealkylation sites (tertiary alicyclic amines) is 1. The first-order valence-corrected chi connectivity index (χ1v) is 8.95. The number of carbonyl (C=O) groups excluding carboxylic acids is 1. The van der Waals surface area contributed by atoms with Gasteiger partial charge in [-0.25, -0.2) is 9.78 Å². The van der Waals surface area contributed by atoms with E-state index in [9.17, 15) is 4.79 Å². The Morgan fingerprint density at radius 3 is 2.88 bits per heavy atom. The maximum atomic E-state index is 12.3. The third kappa shape index (κ3) is 4.44. The number of para-hydroxylation sites is 2. The summed E-state index contributed by atoms with van der Waals surface area (Å²) in [5.41, 5.74) is 1.57. The number of hydrogen-bond donors (Lipinski definition) is 1. The van der Waals surface area contributed by atoms with Crippen molar-refractivity contribution in [3.8, 4) is 0 Å². The van der Waals surface area contributed by atoms with Crippen molar-refractivity contribution < 1.29 is 9.53 Å². The van der Waals surface area contributed by atoms with Gasteiger partial charge in [0.1, 0.15) is 5.60 Å². The van der Waals surface area contributed by atoms with Crippen LogP contribution in [0.15, 0.2) is 24.3 Å². The number of ether oxygens (including phenoxy) is 1. The molecule has 1 aromatic heterocycles. The molecule has 0 radical (unpaired) electrons. The Hall–Kier alpha value is -2.24. The van der Waals surface area contributed by atoms with Gasteiger partial charge in [-0.05, 0) is 51.7 Å². The summed E-state index contributed by atoms with van der Waals surface area (Å²) in [6.07, 6.45) is 1.92. The van der Waals surface area contributed by atoms with Gasteiger partial charge in [-0.2, -0.15) is 0 Å². The fourth-order valence-corrected chi connectivity index (χ4v) is 3.30. The highest BCUT2D eigenvalue weighted by Gasteiger charge is 2.28. The van der Waals surface area contributed by atoms with Crippen molar-refractivity contribution in [1.29, 1.82) is 0 Å². The fourth-order valence-electron chi connectivity index (χ4n) is 3.30. The number of rotatable bonds is 3.